The fourth-order valence-electron chi connectivity index (χ4n) is 3.34. The summed E-state index contributed by atoms with van der Waals surface area (Å²) in [7, 11) is 0. The molecule has 0 bridgehead atoms. The first-order chi connectivity index (χ1) is 12.7. The molecule has 1 fully saturated rings. The first-order valence-electron chi connectivity index (χ1n) is 8.80. The molecule has 1 aliphatic heterocycles. The maximum Gasteiger partial charge on any atom is 0.225 e. The second-order valence-electron chi connectivity index (χ2n) is 6.44. The number of aromatic nitrogens is 5. The van der Waals surface area contributed by atoms with Gasteiger partial charge in [0.15, 0.2) is 6.67 Å². The number of nitrogens with one attached hydrogen (secondary N) is 1. The van der Waals surface area contributed by atoms with E-state index in [2.05, 4.69) is 32.1 Å². The average Bonchev–Trinajstić information content (AvgIpc) is 2.97. The fourth-order valence-corrected chi connectivity index (χ4v) is 3.68. The largest absolute Gasteiger partial charge is 0.330 e. The van der Waals surface area contributed by atoms with Gasteiger partial charge in [0.1, 0.15) is 5.82 Å². The highest BCUT2D eigenvalue weighted by Gasteiger charge is 2.23. The monoisotopic (exact) mass is 368 g/mol. The van der Waals surface area contributed by atoms with E-state index in [1.165, 1.54) is 4.90 Å². The number of aryl methyl sites for hydroxylation is 1. The van der Waals surface area contributed by atoms with Crippen LogP contribution >= 0.6 is 12.2 Å². The SMILES string of the molecule is Cc1nn(C[NH+]2CCN(c3ncccn3)CC2)c(=S)n1-c1ccccc1. The molecule has 0 saturated carbocycles. The van der Waals surface area contributed by atoms with Crippen molar-refractivity contribution in [1.82, 2.24) is 24.3 Å². The Balaban J connectivity index is 1.45. The van der Waals surface area contributed by atoms with Crippen LogP contribution in [0.4, 0.5) is 5.95 Å². The highest BCUT2D eigenvalue weighted by atomic mass is 32.1. The van der Waals surface area contributed by atoms with Crippen molar-refractivity contribution in [3.8, 4) is 5.69 Å². The van der Waals surface area contributed by atoms with Crippen LogP contribution in [-0.4, -0.2) is 50.5 Å². The van der Waals surface area contributed by atoms with Crippen LogP contribution in [-0.2, 0) is 6.67 Å². The van der Waals surface area contributed by atoms with Gasteiger partial charge in [0.05, 0.1) is 26.2 Å². The smallest absolute Gasteiger partial charge is 0.225 e. The van der Waals surface area contributed by atoms with E-state index >= 15 is 0 Å². The third-order valence-electron chi connectivity index (χ3n) is 4.69. The molecule has 0 radical (unpaired) electrons. The second kappa shape index (κ2) is 7.35. The summed E-state index contributed by atoms with van der Waals surface area (Å²) in [4.78, 5) is 12.4. The zero-order valence-electron chi connectivity index (χ0n) is 14.7. The topological polar surface area (TPSA) is 56.2 Å². The average molecular weight is 368 g/mol. The number of quaternary nitrogens is 1. The number of piperazine rings is 1. The molecule has 1 aliphatic rings. The van der Waals surface area contributed by atoms with E-state index in [-0.39, 0.29) is 0 Å². The van der Waals surface area contributed by atoms with Crippen molar-refractivity contribution < 1.29 is 4.90 Å². The van der Waals surface area contributed by atoms with Crippen molar-refractivity contribution in [2.24, 2.45) is 0 Å². The van der Waals surface area contributed by atoms with E-state index < -0.39 is 0 Å². The minimum atomic E-state index is 0.745. The Bertz CT molecular complexity index is 912. The van der Waals surface area contributed by atoms with Gasteiger partial charge in [-0.15, -0.1) is 0 Å². The summed E-state index contributed by atoms with van der Waals surface area (Å²) in [5.41, 5.74) is 1.06. The van der Waals surface area contributed by atoms with Crippen molar-refractivity contribution in [3.63, 3.8) is 0 Å². The Labute approximate surface area is 157 Å². The minimum Gasteiger partial charge on any atom is -0.330 e. The molecule has 0 spiro atoms. The molecule has 0 unspecified atom stereocenters. The van der Waals surface area contributed by atoms with Gasteiger partial charge in [0.25, 0.3) is 0 Å². The molecule has 0 amide bonds. The Morgan fingerprint density at radius 3 is 2.42 bits per heavy atom. The lowest BCUT2D eigenvalue weighted by Crippen LogP contribution is -3.14. The maximum atomic E-state index is 5.68. The highest BCUT2D eigenvalue weighted by Crippen LogP contribution is 2.11. The third kappa shape index (κ3) is 3.38. The van der Waals surface area contributed by atoms with E-state index in [9.17, 15) is 0 Å². The number of benzene rings is 1. The number of nitrogens with zero attached hydrogens (tertiary/aromatic N) is 6. The molecule has 4 rings (SSSR count). The van der Waals surface area contributed by atoms with E-state index in [1.807, 2.05) is 40.4 Å². The van der Waals surface area contributed by atoms with Crippen LogP contribution in [0, 0.1) is 11.7 Å². The Hall–Kier alpha value is -2.58. The molecule has 0 atom stereocenters. The molecule has 3 heterocycles. The third-order valence-corrected chi connectivity index (χ3v) is 5.09. The molecule has 3 aromatic rings. The number of anilines is 1. The van der Waals surface area contributed by atoms with Crippen molar-refractivity contribution in [2.75, 3.05) is 31.1 Å². The number of rotatable bonds is 4. The normalized spacial score (nSPS) is 15.3. The van der Waals surface area contributed by atoms with Gasteiger partial charge in [-0.2, -0.15) is 9.78 Å². The molecule has 7 nitrogen and oxygen atoms in total. The summed E-state index contributed by atoms with van der Waals surface area (Å²) in [5, 5.41) is 4.67. The number of para-hydroxylation sites is 1. The van der Waals surface area contributed by atoms with Gasteiger partial charge < -0.3 is 9.80 Å². The molecule has 0 aliphatic carbocycles. The molecular formula is C18H22N7S+. The van der Waals surface area contributed by atoms with Crippen LogP contribution in [0.25, 0.3) is 5.69 Å². The molecule has 8 heteroatoms. The van der Waals surface area contributed by atoms with E-state index in [0.29, 0.717) is 0 Å². The lowest BCUT2D eigenvalue weighted by Gasteiger charge is -2.31. The zero-order chi connectivity index (χ0) is 17.9. The Morgan fingerprint density at radius 1 is 1.04 bits per heavy atom. The van der Waals surface area contributed by atoms with Crippen LogP contribution in [0.1, 0.15) is 5.82 Å². The maximum absolute atomic E-state index is 5.68. The molecule has 1 saturated heterocycles. The zero-order valence-corrected chi connectivity index (χ0v) is 15.6. The first kappa shape index (κ1) is 16.9. The Kier molecular flexibility index (Phi) is 4.77. The van der Waals surface area contributed by atoms with E-state index in [4.69, 9.17) is 12.2 Å². The van der Waals surface area contributed by atoms with Crippen LogP contribution < -0.4 is 9.80 Å². The highest BCUT2D eigenvalue weighted by molar-refractivity contribution is 7.71. The van der Waals surface area contributed by atoms with E-state index in [0.717, 1.165) is 55.1 Å². The second-order valence-corrected chi connectivity index (χ2v) is 6.81. The van der Waals surface area contributed by atoms with Crippen molar-refractivity contribution in [1.29, 1.82) is 0 Å². The van der Waals surface area contributed by atoms with Crippen LogP contribution in [0.5, 0.6) is 0 Å². The van der Waals surface area contributed by atoms with Gasteiger partial charge in [-0.05, 0) is 37.3 Å². The van der Waals surface area contributed by atoms with Gasteiger partial charge in [-0.3, -0.25) is 4.57 Å². The molecule has 2 aromatic heterocycles. The standard InChI is InChI=1S/C18H21N7S/c1-15-21-24(18(26)25(15)16-6-3-2-4-7-16)14-22-10-12-23(13-11-22)17-19-8-5-9-20-17/h2-9H,10-14H2,1H3/p+1. The number of hydrogen-bond acceptors (Lipinski definition) is 5. The fraction of sp³-hybridized carbons (Fsp3) is 0.333. The molecule has 26 heavy (non-hydrogen) atoms. The first-order valence-corrected chi connectivity index (χ1v) is 9.20. The lowest BCUT2D eigenvalue weighted by molar-refractivity contribution is -0.924. The van der Waals surface area contributed by atoms with Gasteiger partial charge in [-0.1, -0.05) is 18.2 Å². The number of hydrogen-bond donors (Lipinski definition) is 1. The van der Waals surface area contributed by atoms with E-state index in [1.54, 1.807) is 12.4 Å². The van der Waals surface area contributed by atoms with Crippen molar-refractivity contribution in [3.05, 3.63) is 59.4 Å². The summed E-state index contributed by atoms with van der Waals surface area (Å²) >= 11 is 5.68. The Morgan fingerprint density at radius 2 is 1.73 bits per heavy atom. The van der Waals surface area contributed by atoms with Crippen LogP contribution in [0.3, 0.4) is 0 Å². The summed E-state index contributed by atoms with van der Waals surface area (Å²) in [5.74, 6) is 1.73. The molecule has 1 N–H and O–H groups in total. The summed E-state index contributed by atoms with van der Waals surface area (Å²) in [6.07, 6.45) is 3.58. The summed E-state index contributed by atoms with van der Waals surface area (Å²) in [6, 6.07) is 12.0. The molecule has 1 aromatic carbocycles. The predicted octanol–water partition coefficient (Wildman–Crippen LogP) is 0.864. The minimum absolute atomic E-state index is 0.745. The van der Waals surface area contributed by atoms with Gasteiger partial charge in [0, 0.05) is 18.1 Å². The van der Waals surface area contributed by atoms with Gasteiger partial charge >= 0.3 is 0 Å². The van der Waals surface area contributed by atoms with Crippen LogP contribution in [0.15, 0.2) is 48.8 Å². The summed E-state index contributed by atoms with van der Waals surface area (Å²) < 4.78 is 4.72. The van der Waals surface area contributed by atoms with Crippen molar-refractivity contribution in [2.45, 2.75) is 13.6 Å². The molecule has 134 valence electrons. The lowest BCUT2D eigenvalue weighted by atomic mass is 10.3. The predicted molar refractivity (Wildman–Crippen MR) is 102 cm³/mol. The van der Waals surface area contributed by atoms with Crippen molar-refractivity contribution >= 4 is 18.2 Å². The van der Waals surface area contributed by atoms with Gasteiger partial charge in [-0.25, -0.2) is 9.97 Å². The summed E-state index contributed by atoms with van der Waals surface area (Å²) in [6.45, 7) is 6.67. The molecular weight excluding hydrogens is 346 g/mol. The van der Waals surface area contributed by atoms with Crippen LogP contribution in [0.2, 0.25) is 0 Å². The van der Waals surface area contributed by atoms with Gasteiger partial charge in [0.2, 0.25) is 10.7 Å². The quantitative estimate of drug-likeness (QED) is 0.693.